The van der Waals surface area contributed by atoms with Crippen LogP contribution in [-0.4, -0.2) is 74.7 Å². The first-order chi connectivity index (χ1) is 9.80. The summed E-state index contributed by atoms with van der Waals surface area (Å²) in [7, 11) is 5.64. The highest BCUT2D eigenvalue weighted by Crippen LogP contribution is 2.14. The molecule has 0 aromatic heterocycles. The van der Waals surface area contributed by atoms with Gasteiger partial charge < -0.3 is 15.0 Å². The van der Waals surface area contributed by atoms with Crippen LogP contribution in [-0.2, 0) is 9.53 Å². The number of likely N-dealkylation sites (N-methyl/N-ethyl adjacent to an activating group) is 2. The van der Waals surface area contributed by atoms with Crippen molar-refractivity contribution in [1.29, 1.82) is 0 Å². The molecule has 0 aliphatic rings. The Labute approximate surface area is 131 Å². The average Bonchev–Trinajstić information content (AvgIpc) is 2.44. The molecule has 21 heavy (non-hydrogen) atoms. The monoisotopic (exact) mass is 301 g/mol. The van der Waals surface area contributed by atoms with Crippen LogP contribution in [0.4, 0.5) is 0 Å². The number of esters is 1. The molecule has 2 unspecified atom stereocenters. The van der Waals surface area contributed by atoms with E-state index in [0.29, 0.717) is 6.04 Å². The number of nitrogens with zero attached hydrogens (tertiary/aromatic N) is 2. The van der Waals surface area contributed by atoms with Crippen molar-refractivity contribution in [2.24, 2.45) is 0 Å². The molecule has 5 heteroatoms. The van der Waals surface area contributed by atoms with Crippen molar-refractivity contribution in [3.8, 4) is 0 Å². The van der Waals surface area contributed by atoms with Crippen LogP contribution >= 0.6 is 0 Å². The van der Waals surface area contributed by atoms with E-state index in [1.807, 2.05) is 6.92 Å². The summed E-state index contributed by atoms with van der Waals surface area (Å²) in [5.41, 5.74) is -0.601. The lowest BCUT2D eigenvalue weighted by molar-refractivity contribution is -0.148. The average molecular weight is 301 g/mol. The molecule has 0 radical (unpaired) electrons. The van der Waals surface area contributed by atoms with Gasteiger partial charge in [-0.05, 0) is 53.9 Å². The third-order valence-corrected chi connectivity index (χ3v) is 3.96. The number of methoxy groups -OCH3 is 1. The summed E-state index contributed by atoms with van der Waals surface area (Å²) in [6.45, 7) is 12.2. The van der Waals surface area contributed by atoms with E-state index in [9.17, 15) is 4.79 Å². The molecule has 0 bridgehead atoms. The fourth-order valence-corrected chi connectivity index (χ4v) is 2.59. The maximum absolute atomic E-state index is 12.1. The zero-order valence-electron chi connectivity index (χ0n) is 15.0. The Morgan fingerprint density at radius 3 is 2.38 bits per heavy atom. The molecule has 0 aromatic rings. The third kappa shape index (κ3) is 7.25. The van der Waals surface area contributed by atoms with Gasteiger partial charge in [0.2, 0.25) is 0 Å². The second-order valence-corrected chi connectivity index (χ2v) is 6.24. The van der Waals surface area contributed by atoms with Gasteiger partial charge in [0, 0.05) is 19.1 Å². The number of hydrogen-bond donors (Lipinski definition) is 1. The first kappa shape index (κ1) is 20.3. The first-order valence-electron chi connectivity index (χ1n) is 8.02. The van der Waals surface area contributed by atoms with E-state index in [1.54, 1.807) is 0 Å². The number of rotatable bonds is 11. The molecule has 0 aliphatic carbocycles. The van der Waals surface area contributed by atoms with Crippen molar-refractivity contribution in [2.45, 2.75) is 52.1 Å². The van der Waals surface area contributed by atoms with Gasteiger partial charge in [0.05, 0.1) is 7.11 Å². The zero-order valence-corrected chi connectivity index (χ0v) is 15.0. The van der Waals surface area contributed by atoms with Gasteiger partial charge in [-0.1, -0.05) is 13.8 Å². The van der Waals surface area contributed by atoms with Crippen LogP contribution < -0.4 is 5.32 Å². The van der Waals surface area contributed by atoms with Crippen molar-refractivity contribution >= 4 is 5.97 Å². The van der Waals surface area contributed by atoms with E-state index < -0.39 is 5.54 Å². The van der Waals surface area contributed by atoms with Gasteiger partial charge >= 0.3 is 5.97 Å². The largest absolute Gasteiger partial charge is 0.468 e. The number of carbonyl (C=O) groups excluding carboxylic acids is 1. The van der Waals surface area contributed by atoms with Crippen LogP contribution in [0.25, 0.3) is 0 Å². The Kier molecular flexibility index (Phi) is 9.83. The van der Waals surface area contributed by atoms with E-state index in [2.05, 4.69) is 50.0 Å². The molecule has 1 N–H and O–H groups in total. The normalized spacial score (nSPS) is 16.0. The maximum Gasteiger partial charge on any atom is 0.325 e. The summed E-state index contributed by atoms with van der Waals surface area (Å²) >= 11 is 0. The first-order valence-corrected chi connectivity index (χ1v) is 8.02. The molecule has 126 valence electrons. The van der Waals surface area contributed by atoms with Gasteiger partial charge in [-0.25, -0.2) is 0 Å². The van der Waals surface area contributed by atoms with Gasteiger partial charge in [-0.2, -0.15) is 0 Å². The van der Waals surface area contributed by atoms with Crippen LogP contribution in [0.1, 0.15) is 40.5 Å². The minimum Gasteiger partial charge on any atom is -0.468 e. The molecule has 0 saturated carbocycles. The lowest BCUT2D eigenvalue weighted by Gasteiger charge is -2.34. The molecule has 0 aromatic carbocycles. The SMILES string of the molecule is CCCNC(C)(CCN(CC)C(C)CN(C)C)C(=O)OC. The second-order valence-electron chi connectivity index (χ2n) is 6.24. The third-order valence-electron chi connectivity index (χ3n) is 3.96. The van der Waals surface area contributed by atoms with Gasteiger partial charge in [0.1, 0.15) is 5.54 Å². The van der Waals surface area contributed by atoms with Crippen LogP contribution in [0.2, 0.25) is 0 Å². The molecule has 0 spiro atoms. The second kappa shape index (κ2) is 10.1. The lowest BCUT2D eigenvalue weighted by atomic mass is 9.97. The van der Waals surface area contributed by atoms with Gasteiger partial charge in [-0.15, -0.1) is 0 Å². The quantitative estimate of drug-likeness (QED) is 0.587. The molecule has 0 heterocycles. The molecule has 5 nitrogen and oxygen atoms in total. The van der Waals surface area contributed by atoms with E-state index in [-0.39, 0.29) is 5.97 Å². The van der Waals surface area contributed by atoms with Crippen LogP contribution in [0.5, 0.6) is 0 Å². The fourth-order valence-electron chi connectivity index (χ4n) is 2.59. The number of ether oxygens (including phenoxy) is 1. The molecule has 2 atom stereocenters. The predicted molar refractivity (Wildman–Crippen MR) is 88.6 cm³/mol. The molecular formula is C16H35N3O2. The van der Waals surface area contributed by atoms with Gasteiger partial charge in [0.15, 0.2) is 0 Å². The minimum absolute atomic E-state index is 0.174. The Morgan fingerprint density at radius 2 is 1.95 bits per heavy atom. The highest BCUT2D eigenvalue weighted by Gasteiger charge is 2.34. The van der Waals surface area contributed by atoms with Crippen LogP contribution in [0.15, 0.2) is 0 Å². The summed E-state index contributed by atoms with van der Waals surface area (Å²) in [5.74, 6) is -0.174. The van der Waals surface area contributed by atoms with E-state index in [4.69, 9.17) is 4.74 Å². The standard InChI is InChI=1S/C16H35N3O2/c1-8-11-17-16(4,15(20)21-7)10-12-19(9-2)14(3)13-18(5)6/h14,17H,8-13H2,1-7H3. The Hall–Kier alpha value is -0.650. The summed E-state index contributed by atoms with van der Waals surface area (Å²) in [6.07, 6.45) is 1.76. The molecule has 0 fully saturated rings. The van der Waals surface area contributed by atoms with Crippen LogP contribution in [0, 0.1) is 0 Å². The molecule has 0 amide bonds. The summed E-state index contributed by atoms with van der Waals surface area (Å²) < 4.78 is 4.98. The van der Waals surface area contributed by atoms with Crippen molar-refractivity contribution in [3.05, 3.63) is 0 Å². The Morgan fingerprint density at radius 1 is 1.33 bits per heavy atom. The van der Waals surface area contributed by atoms with Gasteiger partial charge in [-0.3, -0.25) is 9.69 Å². The summed E-state index contributed by atoms with van der Waals surface area (Å²) in [4.78, 5) is 16.7. The molecule has 0 aliphatic heterocycles. The fraction of sp³-hybridized carbons (Fsp3) is 0.938. The highest BCUT2D eigenvalue weighted by molar-refractivity contribution is 5.80. The van der Waals surface area contributed by atoms with Crippen molar-refractivity contribution < 1.29 is 9.53 Å². The summed E-state index contributed by atoms with van der Waals surface area (Å²) in [6, 6.07) is 0.470. The molecular weight excluding hydrogens is 266 g/mol. The van der Waals surface area contributed by atoms with Crippen molar-refractivity contribution in [1.82, 2.24) is 15.1 Å². The topological polar surface area (TPSA) is 44.8 Å². The van der Waals surface area contributed by atoms with Crippen LogP contribution in [0.3, 0.4) is 0 Å². The number of nitrogens with one attached hydrogen (secondary N) is 1. The Balaban J connectivity index is 4.66. The van der Waals surface area contributed by atoms with Crippen molar-refractivity contribution in [2.75, 3.05) is 47.4 Å². The predicted octanol–water partition coefficient (Wildman–Crippen LogP) is 1.58. The van der Waals surface area contributed by atoms with E-state index in [1.165, 1.54) is 7.11 Å². The van der Waals surface area contributed by atoms with Crippen molar-refractivity contribution in [3.63, 3.8) is 0 Å². The van der Waals surface area contributed by atoms with E-state index >= 15 is 0 Å². The lowest BCUT2D eigenvalue weighted by Crippen LogP contribution is -2.53. The highest BCUT2D eigenvalue weighted by atomic mass is 16.5. The summed E-state index contributed by atoms with van der Waals surface area (Å²) in [5, 5.41) is 3.34. The zero-order chi connectivity index (χ0) is 16.5. The maximum atomic E-state index is 12.1. The molecule has 0 saturated heterocycles. The smallest absolute Gasteiger partial charge is 0.325 e. The number of hydrogen-bond acceptors (Lipinski definition) is 5. The van der Waals surface area contributed by atoms with Gasteiger partial charge in [0.25, 0.3) is 0 Å². The molecule has 0 rings (SSSR count). The number of carbonyl (C=O) groups is 1. The minimum atomic E-state index is -0.601. The van der Waals surface area contributed by atoms with E-state index in [0.717, 1.165) is 39.0 Å². The Bertz CT molecular complexity index is 297.